The maximum Gasteiger partial charge on any atom is 0.224 e. The molecule has 12 unspecified atom stereocenters. The van der Waals surface area contributed by atoms with Crippen LogP contribution in [-0.2, 0) is 23.7 Å². The molecule has 0 saturated carbocycles. The fraction of sp³-hybridized carbons (Fsp3) is 0.732. The predicted octanol–water partition coefficient (Wildman–Crippen LogP) is 2.36. The Morgan fingerprint density at radius 3 is 1.76 bits per heavy atom. The molecule has 0 aromatic carbocycles. The Morgan fingerprint density at radius 1 is 0.655 bits per heavy atom. The molecular formula is C41H69NO13. The van der Waals surface area contributed by atoms with Crippen LogP contribution in [0.25, 0.3) is 0 Å². The summed E-state index contributed by atoms with van der Waals surface area (Å²) in [6.45, 7) is 2.53. The van der Waals surface area contributed by atoms with E-state index in [-0.39, 0.29) is 18.9 Å². The predicted molar refractivity (Wildman–Crippen MR) is 207 cm³/mol. The summed E-state index contributed by atoms with van der Waals surface area (Å²) in [6.07, 6.45) is 14.5. The van der Waals surface area contributed by atoms with E-state index in [4.69, 9.17) is 18.9 Å². The van der Waals surface area contributed by atoms with Crippen molar-refractivity contribution in [3.05, 3.63) is 60.8 Å². The molecule has 0 radical (unpaired) electrons. The van der Waals surface area contributed by atoms with Crippen LogP contribution in [0.1, 0.15) is 97.3 Å². The zero-order chi connectivity index (χ0) is 40.4. The van der Waals surface area contributed by atoms with E-state index < -0.39 is 86.8 Å². The molecule has 2 aliphatic rings. The van der Waals surface area contributed by atoms with Gasteiger partial charge < -0.3 is 65.1 Å². The van der Waals surface area contributed by atoms with Crippen molar-refractivity contribution in [3.8, 4) is 0 Å². The monoisotopic (exact) mass is 783 g/mol. The van der Waals surface area contributed by atoms with Gasteiger partial charge in [0, 0.05) is 6.42 Å². The number of carbonyl (C=O) groups excluding carboxylic acids is 1. The number of aliphatic hydroxyl groups excluding tert-OH is 8. The standard InChI is InChI=1S/C41H69NO13/c1-3-5-7-9-11-12-13-14-15-16-17-18-19-21-23-25-33(46)42-29(30(45)24-22-20-10-8-6-4-2)28-52-40-38(51)36(49)39(32(27-44)54-40)55-41-37(50)35(48)34(47)31(26-43)53-41/h5,7,11-12,14-15,17-18,21,23,29-32,34-41,43-45,47-51H,3-4,6,8-10,13,16,19-20,22,24-28H2,1-2H3,(H,42,46)/b7-5-,12-11-,15-14-,18-17-,23-21-. The number of allylic oxidation sites excluding steroid dienone is 9. The summed E-state index contributed by atoms with van der Waals surface area (Å²) in [5, 5.41) is 85.9. The van der Waals surface area contributed by atoms with Crippen molar-refractivity contribution in [2.24, 2.45) is 0 Å². The zero-order valence-corrected chi connectivity index (χ0v) is 32.6. The molecule has 12 atom stereocenters. The molecule has 2 aliphatic heterocycles. The van der Waals surface area contributed by atoms with Crippen LogP contribution in [0, 0.1) is 0 Å². The van der Waals surface area contributed by atoms with Gasteiger partial charge in [-0.15, -0.1) is 0 Å². The summed E-state index contributed by atoms with van der Waals surface area (Å²) >= 11 is 0. The van der Waals surface area contributed by atoms with Crippen LogP contribution in [-0.4, -0.2) is 140 Å². The Bertz CT molecular complexity index is 1160. The van der Waals surface area contributed by atoms with Gasteiger partial charge in [0.2, 0.25) is 5.91 Å². The number of ether oxygens (including phenoxy) is 4. The minimum atomic E-state index is -1.79. The lowest BCUT2D eigenvalue weighted by molar-refractivity contribution is -0.359. The molecule has 9 N–H and O–H groups in total. The number of aliphatic hydroxyl groups is 8. The number of hydrogen-bond acceptors (Lipinski definition) is 13. The Labute approximate surface area is 326 Å². The summed E-state index contributed by atoms with van der Waals surface area (Å²) in [5.74, 6) is -0.344. The van der Waals surface area contributed by atoms with Gasteiger partial charge in [-0.05, 0) is 38.5 Å². The number of rotatable bonds is 27. The highest BCUT2D eigenvalue weighted by Crippen LogP contribution is 2.29. The van der Waals surface area contributed by atoms with E-state index in [0.717, 1.165) is 64.2 Å². The van der Waals surface area contributed by atoms with Gasteiger partial charge in [-0.2, -0.15) is 0 Å². The molecule has 0 spiro atoms. The van der Waals surface area contributed by atoms with E-state index in [2.05, 4.69) is 61.7 Å². The lowest BCUT2D eigenvalue weighted by Gasteiger charge is -2.46. The van der Waals surface area contributed by atoms with E-state index in [1.807, 2.05) is 12.2 Å². The van der Waals surface area contributed by atoms with Gasteiger partial charge in [-0.25, -0.2) is 0 Å². The summed E-state index contributed by atoms with van der Waals surface area (Å²) in [7, 11) is 0. The summed E-state index contributed by atoms with van der Waals surface area (Å²) in [5.41, 5.74) is 0. The first-order valence-corrected chi connectivity index (χ1v) is 20.0. The van der Waals surface area contributed by atoms with E-state index in [0.29, 0.717) is 12.8 Å². The Kier molecular flexibility index (Phi) is 25.7. The fourth-order valence-corrected chi connectivity index (χ4v) is 6.18. The third-order valence-corrected chi connectivity index (χ3v) is 9.53. The van der Waals surface area contributed by atoms with Gasteiger partial charge in [-0.3, -0.25) is 4.79 Å². The number of hydrogen-bond donors (Lipinski definition) is 9. The zero-order valence-electron chi connectivity index (χ0n) is 32.6. The van der Waals surface area contributed by atoms with Crippen LogP contribution in [0.4, 0.5) is 0 Å². The van der Waals surface area contributed by atoms with Crippen LogP contribution in [0.5, 0.6) is 0 Å². The van der Waals surface area contributed by atoms with E-state index >= 15 is 0 Å². The maximum atomic E-state index is 12.9. The van der Waals surface area contributed by atoms with Crippen molar-refractivity contribution >= 4 is 5.91 Å². The third kappa shape index (κ3) is 18.2. The highest BCUT2D eigenvalue weighted by Gasteiger charge is 2.50. The van der Waals surface area contributed by atoms with Crippen molar-refractivity contribution in [1.29, 1.82) is 0 Å². The second-order valence-corrected chi connectivity index (χ2v) is 14.0. The van der Waals surface area contributed by atoms with Crippen molar-refractivity contribution in [3.63, 3.8) is 0 Å². The molecule has 0 aromatic rings. The topological polar surface area (TPSA) is 228 Å². The van der Waals surface area contributed by atoms with Gasteiger partial charge in [0.05, 0.1) is 32.0 Å². The fourth-order valence-electron chi connectivity index (χ4n) is 6.18. The average Bonchev–Trinajstić information content (AvgIpc) is 3.18. The van der Waals surface area contributed by atoms with Crippen LogP contribution in [0.3, 0.4) is 0 Å². The molecule has 1 amide bonds. The number of nitrogens with one attached hydrogen (secondary N) is 1. The minimum absolute atomic E-state index is 0.0680. The van der Waals surface area contributed by atoms with E-state index in [9.17, 15) is 45.6 Å². The highest BCUT2D eigenvalue weighted by atomic mass is 16.7. The first-order chi connectivity index (χ1) is 26.6. The Morgan fingerprint density at radius 2 is 1.18 bits per heavy atom. The summed E-state index contributed by atoms with van der Waals surface area (Å²) in [4.78, 5) is 12.9. The maximum absolute atomic E-state index is 12.9. The van der Waals surface area contributed by atoms with Crippen molar-refractivity contribution in [2.45, 2.75) is 171 Å². The Balaban J connectivity index is 1.94. The number of amides is 1. The molecular weight excluding hydrogens is 714 g/mol. The quantitative estimate of drug-likeness (QED) is 0.0431. The lowest BCUT2D eigenvalue weighted by atomic mass is 9.97. The second-order valence-electron chi connectivity index (χ2n) is 14.0. The van der Waals surface area contributed by atoms with Crippen molar-refractivity contribution in [2.75, 3.05) is 19.8 Å². The van der Waals surface area contributed by atoms with Gasteiger partial charge in [0.15, 0.2) is 12.6 Å². The SMILES string of the molecule is CC/C=C\C/C=C\C/C=C\C/C=C\C/C=C\CC(=O)NC(COC1OC(CO)C(OC2OC(CO)C(O)C(O)C2O)C(O)C1O)C(O)CCCCCCCC. The molecule has 14 nitrogen and oxygen atoms in total. The smallest absolute Gasteiger partial charge is 0.224 e. The molecule has 55 heavy (non-hydrogen) atoms. The van der Waals surface area contributed by atoms with Crippen LogP contribution in [0.2, 0.25) is 0 Å². The normalized spacial score (nSPS) is 30.4. The highest BCUT2D eigenvalue weighted by molar-refractivity contribution is 5.77. The van der Waals surface area contributed by atoms with E-state index in [1.54, 1.807) is 6.08 Å². The Hall–Kier alpha value is -2.31. The third-order valence-electron chi connectivity index (χ3n) is 9.53. The van der Waals surface area contributed by atoms with Crippen LogP contribution in [0.15, 0.2) is 60.8 Å². The first kappa shape index (κ1) is 48.8. The molecule has 14 heteroatoms. The molecule has 316 valence electrons. The molecule has 0 aliphatic carbocycles. The van der Waals surface area contributed by atoms with Gasteiger partial charge in [0.1, 0.15) is 48.8 Å². The molecule has 2 rings (SSSR count). The van der Waals surface area contributed by atoms with Crippen LogP contribution < -0.4 is 5.32 Å². The first-order valence-electron chi connectivity index (χ1n) is 20.0. The van der Waals surface area contributed by atoms with Gasteiger partial charge in [-0.1, -0.05) is 113 Å². The second kappa shape index (κ2) is 29.0. The molecule has 2 fully saturated rings. The van der Waals surface area contributed by atoms with Crippen LogP contribution >= 0.6 is 0 Å². The number of unbranched alkanes of at least 4 members (excludes halogenated alkanes) is 5. The van der Waals surface area contributed by atoms with Gasteiger partial charge in [0.25, 0.3) is 0 Å². The molecule has 2 heterocycles. The minimum Gasteiger partial charge on any atom is -0.394 e. The largest absolute Gasteiger partial charge is 0.394 e. The van der Waals surface area contributed by atoms with Gasteiger partial charge >= 0.3 is 0 Å². The number of carbonyl (C=O) groups is 1. The molecule has 2 saturated heterocycles. The summed E-state index contributed by atoms with van der Waals surface area (Å²) < 4.78 is 22.5. The molecule has 0 aromatic heterocycles. The van der Waals surface area contributed by atoms with E-state index in [1.165, 1.54) is 0 Å². The van der Waals surface area contributed by atoms with Crippen molar-refractivity contribution in [1.82, 2.24) is 5.32 Å². The summed E-state index contributed by atoms with van der Waals surface area (Å²) in [6, 6.07) is -0.880. The lowest BCUT2D eigenvalue weighted by Crippen LogP contribution is -2.65. The average molecular weight is 784 g/mol. The molecule has 0 bridgehead atoms. The van der Waals surface area contributed by atoms with Crippen molar-refractivity contribution < 1.29 is 64.6 Å².